The van der Waals surface area contributed by atoms with Crippen LogP contribution in [0.3, 0.4) is 0 Å². The minimum atomic E-state index is -0.127. The Balaban J connectivity index is 1.66. The van der Waals surface area contributed by atoms with Crippen molar-refractivity contribution in [1.29, 1.82) is 0 Å². The first-order chi connectivity index (χ1) is 11.0. The zero-order valence-corrected chi connectivity index (χ0v) is 14.2. The van der Waals surface area contributed by atoms with Gasteiger partial charge in [-0.05, 0) is 24.5 Å². The van der Waals surface area contributed by atoms with E-state index in [2.05, 4.69) is 34.3 Å². The van der Waals surface area contributed by atoms with Gasteiger partial charge < -0.3 is 9.72 Å². The van der Waals surface area contributed by atoms with E-state index in [9.17, 15) is 4.79 Å². The van der Waals surface area contributed by atoms with Gasteiger partial charge in [-0.15, -0.1) is 10.2 Å². The lowest BCUT2D eigenvalue weighted by Crippen LogP contribution is -2.14. The van der Waals surface area contributed by atoms with Gasteiger partial charge in [0.05, 0.1) is 12.1 Å². The van der Waals surface area contributed by atoms with Crippen LogP contribution in [0.25, 0.3) is 5.65 Å². The number of hydrogen-bond acceptors (Lipinski definition) is 5. The first-order valence-corrected chi connectivity index (χ1v) is 8.38. The fraction of sp³-hybridized carbons (Fsp3) is 0.375. The van der Waals surface area contributed by atoms with Crippen LogP contribution in [-0.2, 0) is 17.6 Å². The first kappa shape index (κ1) is 15.6. The molecule has 0 atom stereocenters. The molecule has 23 heavy (non-hydrogen) atoms. The molecule has 0 unspecified atom stereocenters. The van der Waals surface area contributed by atoms with Crippen LogP contribution in [0.4, 0.5) is 5.13 Å². The second kappa shape index (κ2) is 6.45. The van der Waals surface area contributed by atoms with Crippen molar-refractivity contribution in [1.82, 2.24) is 19.6 Å². The summed E-state index contributed by atoms with van der Waals surface area (Å²) < 4.78 is 1.93. The molecule has 7 heteroatoms. The molecule has 3 aromatic heterocycles. The number of carbonyl (C=O) groups is 1. The van der Waals surface area contributed by atoms with Crippen molar-refractivity contribution >= 4 is 28.0 Å². The molecule has 0 aliphatic rings. The lowest BCUT2D eigenvalue weighted by atomic mass is 10.1. The van der Waals surface area contributed by atoms with Crippen molar-refractivity contribution < 1.29 is 4.79 Å². The SMILES string of the molecule is Cc1cccn2cc(CC(=O)Nc3nnc(CC(C)C)s3)nc12. The Morgan fingerprint density at radius 1 is 1.39 bits per heavy atom. The molecule has 0 bridgehead atoms. The molecule has 1 amide bonds. The van der Waals surface area contributed by atoms with E-state index in [1.807, 2.05) is 35.9 Å². The van der Waals surface area contributed by atoms with E-state index < -0.39 is 0 Å². The topological polar surface area (TPSA) is 72.2 Å². The van der Waals surface area contributed by atoms with E-state index in [-0.39, 0.29) is 12.3 Å². The molecule has 0 spiro atoms. The quantitative estimate of drug-likeness (QED) is 0.781. The number of hydrogen-bond donors (Lipinski definition) is 1. The van der Waals surface area contributed by atoms with Gasteiger partial charge in [0.1, 0.15) is 10.7 Å². The predicted molar refractivity (Wildman–Crippen MR) is 90.7 cm³/mol. The van der Waals surface area contributed by atoms with Gasteiger partial charge in [-0.25, -0.2) is 4.98 Å². The Kier molecular flexibility index (Phi) is 4.38. The van der Waals surface area contributed by atoms with Crippen LogP contribution in [0.2, 0.25) is 0 Å². The van der Waals surface area contributed by atoms with Gasteiger partial charge in [-0.1, -0.05) is 31.3 Å². The lowest BCUT2D eigenvalue weighted by molar-refractivity contribution is -0.115. The number of carbonyl (C=O) groups excluding carboxylic acids is 1. The van der Waals surface area contributed by atoms with Crippen LogP contribution >= 0.6 is 11.3 Å². The molecule has 0 aliphatic carbocycles. The maximum atomic E-state index is 12.2. The Morgan fingerprint density at radius 3 is 2.96 bits per heavy atom. The van der Waals surface area contributed by atoms with Crippen molar-refractivity contribution in [3.8, 4) is 0 Å². The second-order valence-corrected chi connectivity index (χ2v) is 7.04. The summed E-state index contributed by atoms with van der Waals surface area (Å²) in [5, 5.41) is 12.4. The third kappa shape index (κ3) is 3.73. The summed E-state index contributed by atoms with van der Waals surface area (Å²) in [5.74, 6) is 0.394. The minimum absolute atomic E-state index is 0.127. The number of nitrogens with zero attached hydrogens (tertiary/aromatic N) is 4. The zero-order valence-electron chi connectivity index (χ0n) is 13.4. The standard InChI is InChI=1S/C16H19N5OS/c1-10(2)7-14-19-20-16(23-14)18-13(22)8-12-9-21-6-4-5-11(3)15(21)17-12/h4-6,9-10H,7-8H2,1-3H3,(H,18,20,22). The summed E-state index contributed by atoms with van der Waals surface area (Å²) in [4.78, 5) is 16.7. The highest BCUT2D eigenvalue weighted by Gasteiger charge is 2.12. The molecule has 0 aromatic carbocycles. The fourth-order valence-corrected chi connectivity index (χ4v) is 3.32. The highest BCUT2D eigenvalue weighted by Crippen LogP contribution is 2.18. The molecule has 3 rings (SSSR count). The molecule has 3 aromatic rings. The van der Waals surface area contributed by atoms with Crippen molar-refractivity contribution in [2.24, 2.45) is 5.92 Å². The normalized spacial score (nSPS) is 11.3. The van der Waals surface area contributed by atoms with E-state index >= 15 is 0 Å². The molecule has 1 N–H and O–H groups in total. The van der Waals surface area contributed by atoms with E-state index in [4.69, 9.17) is 0 Å². The van der Waals surface area contributed by atoms with Crippen LogP contribution in [0, 0.1) is 12.8 Å². The number of amides is 1. The van der Waals surface area contributed by atoms with E-state index in [0.29, 0.717) is 11.0 Å². The van der Waals surface area contributed by atoms with E-state index in [1.54, 1.807) is 0 Å². The number of anilines is 1. The minimum Gasteiger partial charge on any atom is -0.307 e. The number of fused-ring (bicyclic) bond motifs is 1. The molecule has 0 saturated carbocycles. The largest absolute Gasteiger partial charge is 0.307 e. The summed E-state index contributed by atoms with van der Waals surface area (Å²) in [7, 11) is 0. The summed E-state index contributed by atoms with van der Waals surface area (Å²) in [5.41, 5.74) is 2.70. The molecule has 120 valence electrons. The maximum Gasteiger partial charge on any atom is 0.232 e. The van der Waals surface area contributed by atoms with Crippen molar-refractivity contribution in [2.75, 3.05) is 5.32 Å². The molecule has 0 fully saturated rings. The maximum absolute atomic E-state index is 12.2. The first-order valence-electron chi connectivity index (χ1n) is 7.56. The smallest absolute Gasteiger partial charge is 0.232 e. The van der Waals surface area contributed by atoms with Gasteiger partial charge in [0, 0.05) is 18.8 Å². The zero-order chi connectivity index (χ0) is 16.4. The van der Waals surface area contributed by atoms with Crippen LogP contribution in [0.5, 0.6) is 0 Å². The van der Waals surface area contributed by atoms with Crippen molar-refractivity contribution in [2.45, 2.75) is 33.6 Å². The number of aromatic nitrogens is 4. The summed E-state index contributed by atoms with van der Waals surface area (Å²) in [6, 6.07) is 3.97. The Hall–Kier alpha value is -2.28. The average molecular weight is 329 g/mol. The number of imidazole rings is 1. The number of aryl methyl sites for hydroxylation is 1. The van der Waals surface area contributed by atoms with E-state index in [0.717, 1.165) is 28.3 Å². The summed E-state index contributed by atoms with van der Waals surface area (Å²) in [6.07, 6.45) is 4.91. The predicted octanol–water partition coefficient (Wildman–Crippen LogP) is 2.87. The number of nitrogens with one attached hydrogen (secondary N) is 1. The Bertz CT molecular complexity index is 836. The fourth-order valence-electron chi connectivity index (χ4n) is 2.35. The average Bonchev–Trinajstić information content (AvgIpc) is 3.05. The van der Waals surface area contributed by atoms with E-state index in [1.165, 1.54) is 11.3 Å². The third-order valence-electron chi connectivity index (χ3n) is 3.37. The molecule has 0 saturated heterocycles. The van der Waals surface area contributed by atoms with Gasteiger partial charge in [-0.3, -0.25) is 4.79 Å². The number of rotatable bonds is 5. The second-order valence-electron chi connectivity index (χ2n) is 5.98. The van der Waals surface area contributed by atoms with Gasteiger partial charge >= 0.3 is 0 Å². The van der Waals surface area contributed by atoms with Gasteiger partial charge in [-0.2, -0.15) is 0 Å². The highest BCUT2D eigenvalue weighted by atomic mass is 32.1. The lowest BCUT2D eigenvalue weighted by Gasteiger charge is -1.98. The van der Waals surface area contributed by atoms with Crippen LogP contribution in [-0.4, -0.2) is 25.5 Å². The molecule has 0 radical (unpaired) electrons. The molecule has 6 nitrogen and oxygen atoms in total. The van der Waals surface area contributed by atoms with Crippen LogP contribution in [0.15, 0.2) is 24.5 Å². The molecular formula is C16H19N5OS. The third-order valence-corrected chi connectivity index (χ3v) is 4.23. The summed E-state index contributed by atoms with van der Waals surface area (Å²) >= 11 is 1.43. The van der Waals surface area contributed by atoms with Gasteiger partial charge in [0.2, 0.25) is 11.0 Å². The molecule has 3 heterocycles. The highest BCUT2D eigenvalue weighted by molar-refractivity contribution is 7.15. The molecule has 0 aliphatic heterocycles. The van der Waals surface area contributed by atoms with Crippen LogP contribution in [0.1, 0.15) is 30.1 Å². The van der Waals surface area contributed by atoms with Crippen LogP contribution < -0.4 is 5.32 Å². The number of pyridine rings is 1. The molecular weight excluding hydrogens is 310 g/mol. The monoisotopic (exact) mass is 329 g/mol. The van der Waals surface area contributed by atoms with Crippen molar-refractivity contribution in [3.05, 3.63) is 40.8 Å². The Morgan fingerprint density at radius 2 is 2.22 bits per heavy atom. The Labute approximate surface area is 138 Å². The van der Waals surface area contributed by atoms with Gasteiger partial charge in [0.25, 0.3) is 0 Å². The summed E-state index contributed by atoms with van der Waals surface area (Å²) in [6.45, 7) is 6.26. The van der Waals surface area contributed by atoms with Gasteiger partial charge in [0.15, 0.2) is 0 Å². The van der Waals surface area contributed by atoms with Crippen molar-refractivity contribution in [3.63, 3.8) is 0 Å².